The van der Waals surface area contributed by atoms with Crippen LogP contribution in [-0.4, -0.2) is 46.0 Å². The van der Waals surface area contributed by atoms with E-state index in [0.29, 0.717) is 18.0 Å². The zero-order valence-electron chi connectivity index (χ0n) is 12.9. The zero-order chi connectivity index (χ0) is 14.1. The van der Waals surface area contributed by atoms with Crippen LogP contribution in [0.4, 0.5) is 5.13 Å². The molecule has 3 rings (SSSR count). The van der Waals surface area contributed by atoms with Gasteiger partial charge in [-0.05, 0) is 31.7 Å². The predicted molar refractivity (Wildman–Crippen MR) is 84.5 cm³/mol. The van der Waals surface area contributed by atoms with Gasteiger partial charge in [0.15, 0.2) is 0 Å². The van der Waals surface area contributed by atoms with Crippen molar-refractivity contribution in [1.82, 2.24) is 14.3 Å². The second kappa shape index (κ2) is 5.98. The Labute approximate surface area is 126 Å². The molecule has 0 aliphatic carbocycles. The van der Waals surface area contributed by atoms with E-state index in [1.54, 1.807) is 11.5 Å². The van der Waals surface area contributed by atoms with Crippen LogP contribution >= 0.6 is 11.5 Å². The van der Waals surface area contributed by atoms with Gasteiger partial charge >= 0.3 is 0 Å². The molecule has 2 unspecified atom stereocenters. The summed E-state index contributed by atoms with van der Waals surface area (Å²) in [5.41, 5.74) is 0. The normalized spacial score (nSPS) is 27.3. The van der Waals surface area contributed by atoms with E-state index >= 15 is 0 Å². The van der Waals surface area contributed by atoms with E-state index in [2.05, 4.69) is 34.9 Å². The van der Waals surface area contributed by atoms with Crippen LogP contribution in [0.3, 0.4) is 0 Å². The maximum atomic E-state index is 4.82. The highest BCUT2D eigenvalue weighted by atomic mass is 32.1. The number of likely N-dealkylation sites (tertiary alicyclic amines) is 1. The molecule has 2 aliphatic heterocycles. The summed E-state index contributed by atoms with van der Waals surface area (Å²) in [4.78, 5) is 10.0. The molecule has 0 spiro atoms. The molecule has 2 aliphatic rings. The summed E-state index contributed by atoms with van der Waals surface area (Å²) < 4.78 is 4.57. The molecular formula is C15H26N4S. The molecule has 0 N–H and O–H groups in total. The Hall–Kier alpha value is -0.680. The van der Waals surface area contributed by atoms with Gasteiger partial charge in [-0.3, -0.25) is 0 Å². The fourth-order valence-corrected chi connectivity index (χ4v) is 4.38. The monoisotopic (exact) mass is 294 g/mol. The third-order valence-electron chi connectivity index (χ3n) is 4.58. The maximum Gasteiger partial charge on any atom is 0.205 e. The summed E-state index contributed by atoms with van der Waals surface area (Å²) in [6.07, 6.45) is 4.94. The molecule has 0 radical (unpaired) electrons. The van der Waals surface area contributed by atoms with Gasteiger partial charge in [0.2, 0.25) is 5.13 Å². The van der Waals surface area contributed by atoms with Gasteiger partial charge in [-0.1, -0.05) is 20.8 Å². The van der Waals surface area contributed by atoms with E-state index in [1.807, 2.05) is 0 Å². The molecule has 4 nitrogen and oxygen atoms in total. The van der Waals surface area contributed by atoms with Crippen molar-refractivity contribution in [3.05, 3.63) is 5.82 Å². The lowest BCUT2D eigenvalue weighted by molar-refractivity contribution is 0.273. The van der Waals surface area contributed by atoms with Crippen molar-refractivity contribution in [2.45, 2.75) is 58.5 Å². The number of anilines is 1. The number of hydrogen-bond donors (Lipinski definition) is 0. The molecule has 2 fully saturated rings. The smallest absolute Gasteiger partial charge is 0.205 e. The summed E-state index contributed by atoms with van der Waals surface area (Å²) in [5.74, 6) is 1.67. The van der Waals surface area contributed by atoms with Crippen molar-refractivity contribution in [1.29, 1.82) is 0 Å². The summed E-state index contributed by atoms with van der Waals surface area (Å²) in [5, 5.41) is 1.17. The Bertz CT molecular complexity index is 445. The summed E-state index contributed by atoms with van der Waals surface area (Å²) in [6.45, 7) is 10.4. The van der Waals surface area contributed by atoms with Crippen LogP contribution in [-0.2, 0) is 6.42 Å². The van der Waals surface area contributed by atoms with Gasteiger partial charge in [0.05, 0.1) is 0 Å². The predicted octanol–water partition coefficient (Wildman–Crippen LogP) is 2.80. The molecule has 1 aromatic rings. The highest BCUT2D eigenvalue weighted by Crippen LogP contribution is 2.35. The molecule has 112 valence electrons. The Morgan fingerprint density at radius 3 is 2.80 bits per heavy atom. The van der Waals surface area contributed by atoms with Gasteiger partial charge in [0.1, 0.15) is 5.82 Å². The Balaban J connectivity index is 1.77. The second-order valence-corrected chi connectivity index (χ2v) is 7.30. The molecule has 20 heavy (non-hydrogen) atoms. The highest BCUT2D eigenvalue weighted by molar-refractivity contribution is 7.09. The number of fused-ring (bicyclic) bond motifs is 2. The number of nitrogens with zero attached hydrogens (tertiary/aromatic N) is 4. The van der Waals surface area contributed by atoms with Crippen molar-refractivity contribution in [2.24, 2.45) is 5.92 Å². The minimum atomic E-state index is 0.633. The molecule has 0 amide bonds. The summed E-state index contributed by atoms with van der Waals surface area (Å²) >= 11 is 1.61. The lowest BCUT2D eigenvalue weighted by Gasteiger charge is -2.27. The first-order valence-corrected chi connectivity index (χ1v) is 8.78. The number of likely N-dealkylation sites (N-methyl/N-ethyl adjacent to an activating group) is 1. The van der Waals surface area contributed by atoms with Gasteiger partial charge in [-0.15, -0.1) is 0 Å². The Kier molecular flexibility index (Phi) is 4.26. The third kappa shape index (κ3) is 2.84. The SMILES string of the molecule is CCN1CCC2CCC(C1)N2c1nc(CC(C)C)ns1. The van der Waals surface area contributed by atoms with Gasteiger partial charge in [0, 0.05) is 43.1 Å². The molecule has 1 aromatic heterocycles. The molecule has 0 aromatic carbocycles. The number of aromatic nitrogens is 2. The molecule has 2 saturated heterocycles. The van der Waals surface area contributed by atoms with Crippen LogP contribution in [0, 0.1) is 5.92 Å². The van der Waals surface area contributed by atoms with E-state index in [0.717, 1.165) is 12.2 Å². The van der Waals surface area contributed by atoms with E-state index in [-0.39, 0.29) is 0 Å². The largest absolute Gasteiger partial charge is 0.340 e. The minimum absolute atomic E-state index is 0.633. The van der Waals surface area contributed by atoms with Crippen LogP contribution in [0.5, 0.6) is 0 Å². The van der Waals surface area contributed by atoms with Crippen molar-refractivity contribution < 1.29 is 0 Å². The molecule has 3 heterocycles. The van der Waals surface area contributed by atoms with E-state index in [9.17, 15) is 0 Å². The van der Waals surface area contributed by atoms with Crippen LogP contribution in [0.1, 0.15) is 45.9 Å². The van der Waals surface area contributed by atoms with E-state index < -0.39 is 0 Å². The average molecular weight is 294 g/mol. The van der Waals surface area contributed by atoms with Gasteiger partial charge in [-0.2, -0.15) is 4.37 Å². The standard InChI is InChI=1S/C15H26N4S/c1-4-18-8-7-12-5-6-13(10-18)19(12)15-16-14(17-20-15)9-11(2)3/h11-13H,4-10H2,1-3H3. The van der Waals surface area contributed by atoms with Crippen molar-refractivity contribution >= 4 is 16.7 Å². The summed E-state index contributed by atoms with van der Waals surface area (Å²) in [7, 11) is 0. The third-order valence-corrected chi connectivity index (χ3v) is 5.35. The van der Waals surface area contributed by atoms with Gasteiger partial charge in [0.25, 0.3) is 0 Å². The van der Waals surface area contributed by atoms with Crippen LogP contribution < -0.4 is 4.90 Å². The second-order valence-electron chi connectivity index (χ2n) is 6.57. The first kappa shape index (κ1) is 14.3. The molecule has 2 bridgehead atoms. The molecule has 0 saturated carbocycles. The van der Waals surface area contributed by atoms with Gasteiger partial charge in [-0.25, -0.2) is 4.98 Å². The van der Waals surface area contributed by atoms with Crippen molar-refractivity contribution in [2.75, 3.05) is 24.5 Å². The number of rotatable bonds is 4. The minimum Gasteiger partial charge on any atom is -0.340 e. The van der Waals surface area contributed by atoms with Crippen molar-refractivity contribution in [3.8, 4) is 0 Å². The Morgan fingerprint density at radius 2 is 2.05 bits per heavy atom. The quantitative estimate of drug-likeness (QED) is 0.855. The van der Waals surface area contributed by atoms with Crippen LogP contribution in [0.2, 0.25) is 0 Å². The lowest BCUT2D eigenvalue weighted by atomic mass is 10.1. The topological polar surface area (TPSA) is 32.3 Å². The van der Waals surface area contributed by atoms with Crippen LogP contribution in [0.25, 0.3) is 0 Å². The van der Waals surface area contributed by atoms with Gasteiger partial charge < -0.3 is 9.80 Å². The molecule has 5 heteroatoms. The Morgan fingerprint density at radius 1 is 1.25 bits per heavy atom. The molecule has 2 atom stereocenters. The highest BCUT2D eigenvalue weighted by Gasteiger charge is 2.38. The summed E-state index contributed by atoms with van der Waals surface area (Å²) in [6, 6.07) is 1.35. The zero-order valence-corrected chi connectivity index (χ0v) is 13.7. The first-order chi connectivity index (χ1) is 9.67. The number of hydrogen-bond acceptors (Lipinski definition) is 5. The van der Waals surface area contributed by atoms with Crippen molar-refractivity contribution in [3.63, 3.8) is 0 Å². The molecular weight excluding hydrogens is 268 g/mol. The first-order valence-electron chi connectivity index (χ1n) is 8.00. The maximum absolute atomic E-state index is 4.82. The lowest BCUT2D eigenvalue weighted by Crippen LogP contribution is -2.39. The van der Waals surface area contributed by atoms with E-state index in [1.165, 1.54) is 44.0 Å². The average Bonchev–Trinajstić information content (AvgIpc) is 2.93. The fourth-order valence-electron chi connectivity index (χ4n) is 3.54. The van der Waals surface area contributed by atoms with E-state index in [4.69, 9.17) is 4.98 Å². The van der Waals surface area contributed by atoms with Crippen LogP contribution in [0.15, 0.2) is 0 Å². The fraction of sp³-hybridized carbons (Fsp3) is 0.867.